The zero-order valence-electron chi connectivity index (χ0n) is 13.3. The van der Waals surface area contributed by atoms with E-state index in [0.29, 0.717) is 5.75 Å². The van der Waals surface area contributed by atoms with Crippen molar-refractivity contribution in [2.45, 2.75) is 19.4 Å². The lowest BCUT2D eigenvalue weighted by atomic mass is 9.95. The monoisotopic (exact) mass is 328 g/mol. The molecule has 0 bridgehead atoms. The lowest BCUT2D eigenvalue weighted by Crippen LogP contribution is -2.37. The van der Waals surface area contributed by atoms with E-state index >= 15 is 0 Å². The molecule has 2 N–H and O–H groups in total. The van der Waals surface area contributed by atoms with Gasteiger partial charge in [-0.25, -0.2) is 0 Å². The smallest absolute Gasteiger partial charge is 0.231 e. The van der Waals surface area contributed by atoms with Crippen LogP contribution in [0.25, 0.3) is 0 Å². The van der Waals surface area contributed by atoms with Crippen LogP contribution in [0.5, 0.6) is 11.5 Å². The van der Waals surface area contributed by atoms with Gasteiger partial charge in [0.05, 0.1) is 0 Å². The number of likely N-dealkylation sites (tertiary alicyclic amines) is 1. The number of hydrogen-bond donors (Lipinski definition) is 2. The number of nitrogens with one attached hydrogen (secondary N) is 2. The first kappa shape index (κ1) is 15.0. The second-order valence-corrected chi connectivity index (χ2v) is 6.19. The van der Waals surface area contributed by atoms with E-state index in [0.717, 1.165) is 49.6 Å². The van der Waals surface area contributed by atoms with Gasteiger partial charge in [0.15, 0.2) is 11.5 Å². The van der Waals surface area contributed by atoms with E-state index in [1.54, 1.807) is 6.20 Å². The molecule has 4 rings (SSSR count). The average Bonchev–Trinajstić information content (AvgIpc) is 3.26. The fourth-order valence-corrected chi connectivity index (χ4v) is 3.19. The summed E-state index contributed by atoms with van der Waals surface area (Å²) >= 11 is 0. The Labute approximate surface area is 139 Å². The van der Waals surface area contributed by atoms with E-state index in [-0.39, 0.29) is 18.6 Å². The fourth-order valence-electron chi connectivity index (χ4n) is 3.19. The van der Waals surface area contributed by atoms with Crippen molar-refractivity contribution in [3.8, 4) is 11.5 Å². The van der Waals surface area contributed by atoms with Crippen LogP contribution in [0.4, 0.5) is 5.69 Å². The first-order valence-electron chi connectivity index (χ1n) is 8.19. The quantitative estimate of drug-likeness (QED) is 0.897. The molecule has 2 aromatic rings. The van der Waals surface area contributed by atoms with Crippen molar-refractivity contribution < 1.29 is 14.3 Å². The molecular formula is C17H20N4O3. The molecule has 0 unspecified atom stereocenters. The van der Waals surface area contributed by atoms with Crippen LogP contribution in [0.1, 0.15) is 18.5 Å². The number of nitrogens with zero attached hydrogens (tertiary/aromatic N) is 2. The molecule has 2 aliphatic heterocycles. The van der Waals surface area contributed by atoms with Crippen molar-refractivity contribution in [2.24, 2.45) is 5.92 Å². The van der Waals surface area contributed by atoms with Crippen molar-refractivity contribution in [1.82, 2.24) is 15.1 Å². The molecule has 0 atom stereocenters. The number of aromatic nitrogens is 2. The SMILES string of the molecule is O=C(Nc1ccc2c(c1)OCO2)C1CCN(Cc2ccn[nH]2)CC1. The molecule has 0 aliphatic carbocycles. The summed E-state index contributed by atoms with van der Waals surface area (Å²) in [5.74, 6) is 1.53. The van der Waals surface area contributed by atoms with E-state index in [9.17, 15) is 4.79 Å². The normalized spacial score (nSPS) is 17.8. The molecule has 0 radical (unpaired) electrons. The maximum atomic E-state index is 12.5. The predicted octanol–water partition coefficient (Wildman–Crippen LogP) is 1.99. The maximum Gasteiger partial charge on any atom is 0.231 e. The van der Waals surface area contributed by atoms with Crippen LogP contribution < -0.4 is 14.8 Å². The summed E-state index contributed by atoms with van der Waals surface area (Å²) < 4.78 is 10.6. The number of hydrogen-bond acceptors (Lipinski definition) is 5. The molecule has 0 spiro atoms. The van der Waals surface area contributed by atoms with E-state index in [1.807, 2.05) is 24.3 Å². The average molecular weight is 328 g/mol. The van der Waals surface area contributed by atoms with Gasteiger partial charge in [0.25, 0.3) is 0 Å². The van der Waals surface area contributed by atoms with Gasteiger partial charge in [-0.2, -0.15) is 5.10 Å². The first-order chi connectivity index (χ1) is 11.8. The number of H-pyrrole nitrogens is 1. The molecule has 24 heavy (non-hydrogen) atoms. The highest BCUT2D eigenvalue weighted by Gasteiger charge is 2.25. The van der Waals surface area contributed by atoms with E-state index in [1.165, 1.54) is 0 Å². The fraction of sp³-hybridized carbons (Fsp3) is 0.412. The van der Waals surface area contributed by atoms with Crippen molar-refractivity contribution in [3.63, 3.8) is 0 Å². The van der Waals surface area contributed by atoms with Crippen LogP contribution in [0, 0.1) is 5.92 Å². The van der Waals surface area contributed by atoms with Gasteiger partial charge in [-0.1, -0.05) is 0 Å². The summed E-state index contributed by atoms with van der Waals surface area (Å²) in [6.45, 7) is 2.93. The lowest BCUT2D eigenvalue weighted by Gasteiger charge is -2.30. The predicted molar refractivity (Wildman–Crippen MR) is 87.8 cm³/mol. The van der Waals surface area contributed by atoms with Crippen molar-refractivity contribution in [1.29, 1.82) is 0 Å². The number of piperidine rings is 1. The third-order valence-corrected chi connectivity index (χ3v) is 4.55. The molecule has 1 aromatic carbocycles. The van der Waals surface area contributed by atoms with Crippen LogP contribution in [0.15, 0.2) is 30.5 Å². The second kappa shape index (κ2) is 6.52. The molecular weight excluding hydrogens is 308 g/mol. The third kappa shape index (κ3) is 3.21. The minimum Gasteiger partial charge on any atom is -0.454 e. The Balaban J connectivity index is 1.30. The van der Waals surface area contributed by atoms with Gasteiger partial charge in [0, 0.05) is 36.1 Å². The molecule has 7 nitrogen and oxygen atoms in total. The lowest BCUT2D eigenvalue weighted by molar-refractivity contribution is -0.121. The van der Waals surface area contributed by atoms with Crippen molar-refractivity contribution in [3.05, 3.63) is 36.2 Å². The summed E-state index contributed by atoms with van der Waals surface area (Å²) in [6, 6.07) is 7.47. The molecule has 1 fully saturated rings. The van der Waals surface area contributed by atoms with E-state index in [2.05, 4.69) is 20.4 Å². The van der Waals surface area contributed by atoms with Gasteiger partial charge in [-0.05, 0) is 44.1 Å². The molecule has 3 heterocycles. The van der Waals surface area contributed by atoms with Gasteiger partial charge in [0.1, 0.15) is 0 Å². The van der Waals surface area contributed by atoms with Crippen molar-refractivity contribution >= 4 is 11.6 Å². The number of aromatic amines is 1. The molecule has 2 aliphatic rings. The van der Waals surface area contributed by atoms with Gasteiger partial charge in [0.2, 0.25) is 12.7 Å². The number of carbonyl (C=O) groups excluding carboxylic acids is 1. The highest BCUT2D eigenvalue weighted by molar-refractivity contribution is 5.93. The van der Waals surface area contributed by atoms with Gasteiger partial charge in [-0.15, -0.1) is 0 Å². The minimum atomic E-state index is 0.0495. The molecule has 126 valence electrons. The van der Waals surface area contributed by atoms with Gasteiger partial charge >= 0.3 is 0 Å². The Kier molecular flexibility index (Phi) is 4.08. The summed E-state index contributed by atoms with van der Waals surface area (Å²) in [5.41, 5.74) is 1.86. The summed E-state index contributed by atoms with van der Waals surface area (Å²) in [4.78, 5) is 14.8. The molecule has 7 heteroatoms. The van der Waals surface area contributed by atoms with Crippen LogP contribution in [0.2, 0.25) is 0 Å². The number of benzene rings is 1. The minimum absolute atomic E-state index is 0.0495. The zero-order chi connectivity index (χ0) is 16.4. The number of amides is 1. The van der Waals surface area contributed by atoms with Crippen LogP contribution >= 0.6 is 0 Å². The Morgan fingerprint density at radius 3 is 2.88 bits per heavy atom. The number of fused-ring (bicyclic) bond motifs is 1. The highest BCUT2D eigenvalue weighted by Crippen LogP contribution is 2.34. The number of carbonyl (C=O) groups is 1. The van der Waals surface area contributed by atoms with Gasteiger partial charge < -0.3 is 14.8 Å². The molecule has 1 amide bonds. The maximum absolute atomic E-state index is 12.5. The second-order valence-electron chi connectivity index (χ2n) is 6.19. The summed E-state index contributed by atoms with van der Waals surface area (Å²) in [7, 11) is 0. The zero-order valence-corrected chi connectivity index (χ0v) is 13.3. The van der Waals surface area contributed by atoms with Gasteiger partial charge in [-0.3, -0.25) is 14.8 Å². The summed E-state index contributed by atoms with van der Waals surface area (Å²) in [5, 5.41) is 9.94. The Bertz CT molecular complexity index is 709. The molecule has 1 aromatic heterocycles. The van der Waals surface area contributed by atoms with E-state index in [4.69, 9.17) is 9.47 Å². The third-order valence-electron chi connectivity index (χ3n) is 4.55. The number of ether oxygens (including phenoxy) is 2. The van der Waals surface area contributed by atoms with Crippen molar-refractivity contribution in [2.75, 3.05) is 25.2 Å². The highest BCUT2D eigenvalue weighted by atomic mass is 16.7. The van der Waals surface area contributed by atoms with Crippen LogP contribution in [-0.2, 0) is 11.3 Å². The first-order valence-corrected chi connectivity index (χ1v) is 8.19. The molecule has 0 saturated carbocycles. The Hall–Kier alpha value is -2.54. The van der Waals surface area contributed by atoms with Crippen LogP contribution in [-0.4, -0.2) is 40.9 Å². The topological polar surface area (TPSA) is 79.5 Å². The molecule has 1 saturated heterocycles. The number of rotatable bonds is 4. The Morgan fingerprint density at radius 1 is 1.25 bits per heavy atom. The standard InChI is InChI=1S/C17H20N4O3/c22-17(19-13-1-2-15-16(9-13)24-11-23-15)12-4-7-21(8-5-12)10-14-3-6-18-20-14/h1-3,6,9,12H,4-5,7-8,10-11H2,(H,18,20)(H,19,22). The number of anilines is 1. The van der Waals surface area contributed by atoms with Crippen LogP contribution in [0.3, 0.4) is 0 Å². The largest absolute Gasteiger partial charge is 0.454 e. The Morgan fingerprint density at radius 2 is 2.08 bits per heavy atom. The van der Waals surface area contributed by atoms with E-state index < -0.39 is 0 Å². The summed E-state index contributed by atoms with van der Waals surface area (Å²) in [6.07, 6.45) is 3.50.